The average molecular weight is 894 g/mol. The van der Waals surface area contributed by atoms with Crippen LogP contribution in [-0.2, 0) is 10.8 Å². The zero-order valence-electron chi connectivity index (χ0n) is 45.3. The van der Waals surface area contributed by atoms with Crippen LogP contribution in [0.3, 0.4) is 0 Å². The fraction of sp³-hybridized carbons (Fsp3) is 0.429. The van der Waals surface area contributed by atoms with E-state index in [-0.39, 0.29) is 39.8 Å². The summed E-state index contributed by atoms with van der Waals surface area (Å²) < 4.78 is 23.6. The van der Waals surface area contributed by atoms with Crippen LogP contribution in [0.1, 0.15) is 166 Å². The molecule has 4 heteroatoms. The van der Waals surface area contributed by atoms with Gasteiger partial charge in [0.25, 0.3) is 0 Å². The lowest BCUT2D eigenvalue weighted by Crippen LogP contribution is -2.36. The number of furan rings is 1. The van der Waals surface area contributed by atoms with Gasteiger partial charge in [-0.05, 0) is 149 Å². The molecule has 0 fully saturated rings. The molecule has 0 bridgehead atoms. The van der Waals surface area contributed by atoms with Gasteiger partial charge in [-0.2, -0.15) is 0 Å². The van der Waals surface area contributed by atoms with Crippen molar-refractivity contribution in [3.05, 3.63) is 167 Å². The van der Waals surface area contributed by atoms with Crippen molar-refractivity contribution in [1.29, 1.82) is 0 Å². The average Bonchev–Trinajstić information content (AvgIpc) is 3.63. The van der Waals surface area contributed by atoms with E-state index in [1.165, 1.54) is 22.2 Å². The van der Waals surface area contributed by atoms with Gasteiger partial charge in [0.15, 0.2) is 0 Å². The molecule has 1 aromatic heterocycles. The van der Waals surface area contributed by atoms with Gasteiger partial charge < -0.3 is 14.6 Å². The molecule has 0 saturated carbocycles. The van der Waals surface area contributed by atoms with E-state index in [1.54, 1.807) is 6.08 Å². The summed E-state index contributed by atoms with van der Waals surface area (Å²) >= 11 is 0. The topological polar surface area (TPSA) is 28.4 Å². The largest absolute Gasteiger partial charge is 0.469 e. The van der Waals surface area contributed by atoms with Gasteiger partial charge in [-0.3, -0.25) is 0 Å². The minimum atomic E-state index is -0.0894. The summed E-state index contributed by atoms with van der Waals surface area (Å²) in [5, 5.41) is 5.04. The van der Waals surface area contributed by atoms with Crippen LogP contribution in [0.2, 0.25) is 0 Å². The predicted octanol–water partition coefficient (Wildman–Crippen LogP) is 17.2. The molecule has 0 spiro atoms. The first kappa shape index (κ1) is 46.9. The molecular weight excluding hydrogens is 812 g/mol. The molecule has 351 valence electrons. The summed E-state index contributed by atoms with van der Waals surface area (Å²) in [4.78, 5) is 2.59. The standard InChI is InChI=1S/C63H80BN2O/c1-15-17-20-45-24-28-46(29-25-45)52-39-47(43(3)4)30-33-56(52)66(51-23-18-21-50(40-51)65-49(34-36-61(8,9)10)22-19-35-60(5,6)7)58-53-41-54-55(63(13,14)38-37-62(54,11)12)42-57(53)67-59(58)64-48-31-26-44(16-2)27-32-48/h15,17-22,24-26,28-34,39-44,51,65H,1,16,23,27,35-38H2,2-14H3/b20-17-,22-19-,49-34+/i15D,17D. The van der Waals surface area contributed by atoms with Crippen LogP contribution in [0.15, 0.2) is 149 Å². The Morgan fingerprint density at radius 3 is 2.25 bits per heavy atom. The van der Waals surface area contributed by atoms with Crippen LogP contribution >= 0.6 is 0 Å². The molecule has 0 saturated heterocycles. The van der Waals surface area contributed by atoms with Crippen LogP contribution in [0.4, 0.5) is 11.4 Å². The van der Waals surface area contributed by atoms with E-state index < -0.39 is 0 Å². The number of rotatable bonds is 15. The van der Waals surface area contributed by atoms with Gasteiger partial charge >= 0.3 is 0 Å². The minimum Gasteiger partial charge on any atom is -0.469 e. The molecule has 7 rings (SSSR count). The van der Waals surface area contributed by atoms with Gasteiger partial charge in [0.1, 0.15) is 5.58 Å². The smallest absolute Gasteiger partial charge is 0.243 e. The van der Waals surface area contributed by atoms with Crippen molar-refractivity contribution in [2.45, 2.75) is 158 Å². The van der Waals surface area contributed by atoms with Gasteiger partial charge in [0.05, 0.1) is 20.1 Å². The molecule has 2 atom stereocenters. The lowest BCUT2D eigenvalue weighted by Gasteiger charge is -2.42. The molecule has 0 amide bonds. The quantitative estimate of drug-likeness (QED) is 0.0952. The summed E-state index contributed by atoms with van der Waals surface area (Å²) in [6.07, 6.45) is 29.8. The van der Waals surface area contributed by atoms with Gasteiger partial charge in [0.2, 0.25) is 7.28 Å². The van der Waals surface area contributed by atoms with E-state index in [4.69, 9.17) is 7.16 Å². The first-order valence-electron chi connectivity index (χ1n) is 26.2. The Balaban J connectivity index is 1.50. The van der Waals surface area contributed by atoms with Crippen molar-refractivity contribution in [1.82, 2.24) is 5.32 Å². The maximum absolute atomic E-state index is 8.33. The second-order valence-electron chi connectivity index (χ2n) is 23.5. The number of allylic oxidation sites excluding steroid dienone is 10. The van der Waals surface area contributed by atoms with Gasteiger partial charge in [-0.1, -0.05) is 187 Å². The van der Waals surface area contributed by atoms with Crippen LogP contribution in [0, 0.1) is 16.7 Å². The molecule has 2 unspecified atom stereocenters. The molecule has 3 aromatic carbocycles. The minimum absolute atomic E-state index is 0.000605. The molecule has 1 heterocycles. The van der Waals surface area contributed by atoms with Gasteiger partial charge in [-0.25, -0.2) is 0 Å². The first-order chi connectivity index (χ1) is 32.4. The number of hydrogen-bond acceptors (Lipinski definition) is 3. The molecular formula is C63H80BN2O. The summed E-state index contributed by atoms with van der Waals surface area (Å²) in [6, 6.07) is 20.4. The van der Waals surface area contributed by atoms with Crippen molar-refractivity contribution in [3.63, 3.8) is 0 Å². The van der Waals surface area contributed by atoms with E-state index in [9.17, 15) is 0 Å². The lowest BCUT2D eigenvalue weighted by molar-refractivity contribution is 0.332. The summed E-state index contributed by atoms with van der Waals surface area (Å²) in [5.74, 6) is 0.858. The van der Waals surface area contributed by atoms with E-state index in [0.717, 1.165) is 101 Å². The number of benzene rings is 3. The van der Waals surface area contributed by atoms with Crippen molar-refractivity contribution < 1.29 is 7.16 Å². The normalized spacial score (nSPS) is 20.1. The highest BCUT2D eigenvalue weighted by Gasteiger charge is 2.39. The molecule has 67 heavy (non-hydrogen) atoms. The molecule has 3 aliphatic rings. The highest BCUT2D eigenvalue weighted by molar-refractivity contribution is 6.63. The second-order valence-corrected chi connectivity index (χ2v) is 23.5. The van der Waals surface area contributed by atoms with Crippen molar-refractivity contribution >= 4 is 41.4 Å². The summed E-state index contributed by atoms with van der Waals surface area (Å²) in [5.41, 5.74) is 14.8. The zero-order valence-corrected chi connectivity index (χ0v) is 43.3. The SMILES string of the molecule is [2H]C(=C)/C([2H])=C\c1ccc(-c2cc(C(C)C)ccc2N(c2c([B]C3=CCC(CC)C=C3)oc3cc4c(cc23)C(C)(C)CCC4(C)C)C2C=C(NC(/C=C\CC(C)(C)C)=C/CC(C)(C)C)C=CC2)cc1. The number of anilines is 2. The van der Waals surface area contributed by atoms with Crippen LogP contribution in [0.25, 0.3) is 28.2 Å². The third-order valence-corrected chi connectivity index (χ3v) is 14.1. The highest BCUT2D eigenvalue weighted by atomic mass is 16.3. The maximum atomic E-state index is 8.33. The van der Waals surface area contributed by atoms with E-state index in [0.29, 0.717) is 11.8 Å². The molecule has 0 aliphatic heterocycles. The maximum Gasteiger partial charge on any atom is 0.243 e. The van der Waals surface area contributed by atoms with E-state index in [2.05, 4.69) is 223 Å². The zero-order chi connectivity index (χ0) is 50.1. The lowest BCUT2D eigenvalue weighted by atomic mass is 9.62. The fourth-order valence-corrected chi connectivity index (χ4v) is 9.68. The van der Waals surface area contributed by atoms with Gasteiger partial charge in [0, 0.05) is 28.0 Å². The Labute approximate surface area is 409 Å². The van der Waals surface area contributed by atoms with Crippen LogP contribution in [-0.4, -0.2) is 13.3 Å². The number of nitrogens with zero attached hydrogens (tertiary/aromatic N) is 1. The summed E-state index contributed by atoms with van der Waals surface area (Å²) in [6.45, 7) is 33.9. The summed E-state index contributed by atoms with van der Waals surface area (Å²) in [7, 11) is 2.29. The number of fused-ring (bicyclic) bond motifs is 2. The van der Waals surface area contributed by atoms with E-state index in [1.807, 2.05) is 0 Å². The van der Waals surface area contributed by atoms with Crippen molar-refractivity contribution in [2.75, 3.05) is 4.90 Å². The Morgan fingerprint density at radius 1 is 0.925 bits per heavy atom. The Kier molecular flexibility index (Phi) is 14.1. The Hall–Kier alpha value is -5.22. The molecule has 3 aliphatic carbocycles. The molecule has 4 aromatic rings. The predicted molar refractivity (Wildman–Crippen MR) is 294 cm³/mol. The third kappa shape index (κ3) is 12.1. The number of hydrogen-bond donors (Lipinski definition) is 1. The van der Waals surface area contributed by atoms with E-state index >= 15 is 0 Å². The van der Waals surface area contributed by atoms with Crippen molar-refractivity contribution in [2.24, 2.45) is 16.7 Å². The van der Waals surface area contributed by atoms with Gasteiger partial charge in [-0.15, -0.1) is 0 Å². The first-order valence-corrected chi connectivity index (χ1v) is 25.2. The third-order valence-electron chi connectivity index (χ3n) is 14.1. The van der Waals surface area contributed by atoms with Crippen molar-refractivity contribution in [3.8, 4) is 11.1 Å². The highest BCUT2D eigenvalue weighted by Crippen LogP contribution is 2.50. The van der Waals surface area contributed by atoms with Crippen LogP contribution in [0.5, 0.6) is 0 Å². The molecule has 1 N–H and O–H groups in total. The monoisotopic (exact) mass is 894 g/mol. The molecule has 3 nitrogen and oxygen atoms in total. The number of nitrogens with one attached hydrogen (secondary N) is 1. The second kappa shape index (κ2) is 20.2. The molecule has 1 radical (unpaired) electrons. The van der Waals surface area contributed by atoms with Crippen LogP contribution < -0.4 is 15.9 Å². The Morgan fingerprint density at radius 2 is 1.63 bits per heavy atom. The fourth-order valence-electron chi connectivity index (χ4n) is 9.68. The Bertz CT molecular complexity index is 2750.